The van der Waals surface area contributed by atoms with E-state index in [9.17, 15) is 29.1 Å². The van der Waals surface area contributed by atoms with Crippen molar-refractivity contribution in [3.63, 3.8) is 0 Å². The van der Waals surface area contributed by atoms with Gasteiger partial charge in [-0.05, 0) is 68.7 Å². The van der Waals surface area contributed by atoms with Gasteiger partial charge in [-0.25, -0.2) is 0 Å². The SMILES string of the molecule is CC1=CC(=O)C2=C(CC3C(=CCC4C(=O)N(CCCC(=O)O)C(=O)C43)C2c2cc(C)c(O)c(C)c2)C1=O. The van der Waals surface area contributed by atoms with Gasteiger partial charge in [0.15, 0.2) is 11.6 Å². The lowest BCUT2D eigenvalue weighted by molar-refractivity contribution is -0.142. The summed E-state index contributed by atoms with van der Waals surface area (Å²) in [4.78, 5) is 65.5. The minimum Gasteiger partial charge on any atom is -0.507 e. The van der Waals surface area contributed by atoms with Gasteiger partial charge in [-0.15, -0.1) is 0 Å². The van der Waals surface area contributed by atoms with Gasteiger partial charge in [0.25, 0.3) is 0 Å². The van der Waals surface area contributed by atoms with Crippen LogP contribution in [-0.2, 0) is 24.0 Å². The number of hydrogen-bond donors (Lipinski definition) is 2. The van der Waals surface area contributed by atoms with Gasteiger partial charge in [0.1, 0.15) is 5.75 Å². The Morgan fingerprint density at radius 2 is 1.70 bits per heavy atom. The van der Waals surface area contributed by atoms with Crippen LogP contribution in [-0.4, -0.2) is 51.0 Å². The summed E-state index contributed by atoms with van der Waals surface area (Å²) in [6.07, 6.45) is 3.90. The number of carboxylic acids is 1. The molecular formula is C29H29NO7. The molecule has 0 saturated carbocycles. The number of fused-ring (bicyclic) bond motifs is 3. The Kier molecular flexibility index (Phi) is 6.01. The second kappa shape index (κ2) is 8.94. The van der Waals surface area contributed by atoms with Crippen LogP contribution in [0.2, 0.25) is 0 Å². The van der Waals surface area contributed by atoms with E-state index in [1.165, 1.54) is 11.0 Å². The predicted molar refractivity (Wildman–Crippen MR) is 132 cm³/mol. The maximum atomic E-state index is 13.6. The Labute approximate surface area is 214 Å². The number of aryl methyl sites for hydroxylation is 2. The number of allylic oxidation sites excluding steroid dienone is 6. The molecule has 5 rings (SSSR count). The van der Waals surface area contributed by atoms with Crippen LogP contribution >= 0.6 is 0 Å². The lowest BCUT2D eigenvalue weighted by Gasteiger charge is -2.42. The number of Topliss-reactive ketones (excluding diaryl/α,β-unsaturated/α-hetero) is 1. The topological polar surface area (TPSA) is 129 Å². The molecule has 2 N–H and O–H groups in total. The number of rotatable bonds is 5. The largest absolute Gasteiger partial charge is 0.507 e. The van der Waals surface area contributed by atoms with Gasteiger partial charge in [0, 0.05) is 35.6 Å². The first-order valence-electron chi connectivity index (χ1n) is 12.6. The number of aliphatic carboxylic acids is 1. The van der Waals surface area contributed by atoms with Crippen molar-refractivity contribution in [1.82, 2.24) is 4.90 Å². The third-order valence-electron chi connectivity index (χ3n) is 8.27. The summed E-state index contributed by atoms with van der Waals surface area (Å²) in [5.74, 6) is -4.13. The minimum absolute atomic E-state index is 0.0476. The third kappa shape index (κ3) is 3.86. The van der Waals surface area contributed by atoms with E-state index in [4.69, 9.17) is 5.11 Å². The van der Waals surface area contributed by atoms with Crippen LogP contribution in [0.5, 0.6) is 5.75 Å². The van der Waals surface area contributed by atoms with Crippen LogP contribution in [0.3, 0.4) is 0 Å². The molecule has 0 radical (unpaired) electrons. The molecular weight excluding hydrogens is 474 g/mol. The smallest absolute Gasteiger partial charge is 0.303 e. The molecule has 37 heavy (non-hydrogen) atoms. The maximum Gasteiger partial charge on any atom is 0.303 e. The highest BCUT2D eigenvalue weighted by atomic mass is 16.4. The second-order valence-electron chi connectivity index (χ2n) is 10.6. The van der Waals surface area contributed by atoms with Crippen LogP contribution in [0.4, 0.5) is 0 Å². The zero-order valence-corrected chi connectivity index (χ0v) is 21.0. The standard InChI is InChI=1S/C29H29NO7/c1-13-9-16(10-14(2)26(13)34)23-17-6-7-18-24(29(37)30(28(18)36)8-4-5-22(32)33)19(17)12-20-25(23)21(31)11-15(3)27(20)35/h6,9-11,18-19,23-24,34H,4-5,7-8,12H2,1-3H3,(H,32,33). The molecule has 1 fully saturated rings. The molecule has 1 aliphatic heterocycles. The fraction of sp³-hybridized carbons (Fsp3) is 0.414. The molecule has 0 spiro atoms. The fourth-order valence-electron chi connectivity index (χ4n) is 6.59. The zero-order chi connectivity index (χ0) is 26.8. The van der Waals surface area contributed by atoms with Gasteiger partial charge in [-0.3, -0.25) is 28.9 Å². The van der Waals surface area contributed by atoms with E-state index in [1.807, 2.05) is 18.2 Å². The first-order valence-corrected chi connectivity index (χ1v) is 12.6. The third-order valence-corrected chi connectivity index (χ3v) is 8.27. The number of carbonyl (C=O) groups excluding carboxylic acids is 4. The molecule has 3 aliphatic carbocycles. The molecule has 8 heteroatoms. The van der Waals surface area contributed by atoms with E-state index in [2.05, 4.69) is 0 Å². The molecule has 8 nitrogen and oxygen atoms in total. The van der Waals surface area contributed by atoms with Gasteiger partial charge >= 0.3 is 5.97 Å². The predicted octanol–water partition coefficient (Wildman–Crippen LogP) is 3.30. The van der Waals surface area contributed by atoms with Crippen molar-refractivity contribution in [3.05, 3.63) is 63.3 Å². The van der Waals surface area contributed by atoms with E-state index >= 15 is 0 Å². The summed E-state index contributed by atoms with van der Waals surface area (Å²) in [6.45, 7) is 5.21. The molecule has 0 aromatic heterocycles. The van der Waals surface area contributed by atoms with Crippen LogP contribution in [0.1, 0.15) is 55.2 Å². The van der Waals surface area contributed by atoms with Crippen LogP contribution in [0, 0.1) is 31.6 Å². The lowest BCUT2D eigenvalue weighted by Crippen LogP contribution is -2.40. The molecule has 192 valence electrons. The second-order valence-corrected chi connectivity index (χ2v) is 10.6. The monoisotopic (exact) mass is 503 g/mol. The highest BCUT2D eigenvalue weighted by molar-refractivity contribution is 6.23. The average Bonchev–Trinajstić information content (AvgIpc) is 3.09. The zero-order valence-electron chi connectivity index (χ0n) is 21.0. The molecule has 0 bridgehead atoms. The number of carboxylic acid groups (broad SMARTS) is 1. The molecule has 4 unspecified atom stereocenters. The number of phenols is 1. The van der Waals surface area contributed by atoms with E-state index in [1.54, 1.807) is 20.8 Å². The summed E-state index contributed by atoms with van der Waals surface area (Å²) < 4.78 is 0. The van der Waals surface area contributed by atoms with Crippen molar-refractivity contribution in [3.8, 4) is 5.75 Å². The van der Waals surface area contributed by atoms with Crippen molar-refractivity contribution in [1.29, 1.82) is 0 Å². The number of hydrogen-bond acceptors (Lipinski definition) is 6. The first-order chi connectivity index (χ1) is 17.5. The number of carbonyl (C=O) groups is 5. The van der Waals surface area contributed by atoms with Crippen molar-refractivity contribution >= 4 is 29.4 Å². The van der Waals surface area contributed by atoms with Crippen molar-refractivity contribution in [2.45, 2.75) is 52.4 Å². The van der Waals surface area contributed by atoms with Crippen LogP contribution in [0.15, 0.2) is 46.6 Å². The highest BCUT2D eigenvalue weighted by Crippen LogP contribution is 2.55. The molecule has 4 aliphatic rings. The van der Waals surface area contributed by atoms with E-state index in [0.717, 1.165) is 11.1 Å². The van der Waals surface area contributed by atoms with Gasteiger partial charge in [-0.1, -0.05) is 23.8 Å². The summed E-state index contributed by atoms with van der Waals surface area (Å²) in [7, 11) is 0. The number of imide groups is 1. The maximum absolute atomic E-state index is 13.6. The van der Waals surface area contributed by atoms with Crippen molar-refractivity contribution in [2.24, 2.45) is 17.8 Å². The average molecular weight is 504 g/mol. The Hall–Kier alpha value is -3.81. The summed E-state index contributed by atoms with van der Waals surface area (Å²) in [5.41, 5.74) is 4.07. The minimum atomic E-state index is -0.988. The summed E-state index contributed by atoms with van der Waals surface area (Å²) in [6, 6.07) is 3.63. The lowest BCUT2D eigenvalue weighted by atomic mass is 9.59. The van der Waals surface area contributed by atoms with Crippen molar-refractivity contribution in [2.75, 3.05) is 6.54 Å². The number of amides is 2. The Morgan fingerprint density at radius 3 is 2.35 bits per heavy atom. The normalized spacial score (nSPS) is 27.1. The molecule has 1 saturated heterocycles. The Bertz CT molecular complexity index is 1360. The number of benzene rings is 1. The van der Waals surface area contributed by atoms with E-state index < -0.39 is 29.6 Å². The van der Waals surface area contributed by atoms with Gasteiger partial charge < -0.3 is 10.2 Å². The quantitative estimate of drug-likeness (QED) is 0.358. The molecule has 1 aromatic rings. The number of phenolic OH excluding ortho intramolecular Hbond substituents is 1. The Morgan fingerprint density at radius 1 is 1.03 bits per heavy atom. The number of ketones is 2. The van der Waals surface area contributed by atoms with Crippen LogP contribution < -0.4 is 0 Å². The Balaban J connectivity index is 1.60. The summed E-state index contributed by atoms with van der Waals surface area (Å²) >= 11 is 0. The van der Waals surface area contributed by atoms with Gasteiger partial charge in [0.2, 0.25) is 11.8 Å². The van der Waals surface area contributed by atoms with Crippen molar-refractivity contribution < 1.29 is 34.2 Å². The molecule has 1 heterocycles. The molecule has 2 amide bonds. The number of aromatic hydroxyl groups is 1. The highest BCUT2D eigenvalue weighted by Gasteiger charge is 2.56. The van der Waals surface area contributed by atoms with Gasteiger partial charge in [-0.2, -0.15) is 0 Å². The first kappa shape index (κ1) is 24.9. The van der Waals surface area contributed by atoms with Crippen LogP contribution in [0.25, 0.3) is 0 Å². The van der Waals surface area contributed by atoms with E-state index in [-0.39, 0.29) is 54.9 Å². The van der Waals surface area contributed by atoms with E-state index in [0.29, 0.717) is 34.3 Å². The number of likely N-dealkylation sites (tertiary alicyclic amines) is 1. The molecule has 4 atom stereocenters. The fourth-order valence-corrected chi connectivity index (χ4v) is 6.59. The summed E-state index contributed by atoms with van der Waals surface area (Å²) in [5, 5.41) is 19.3. The molecule has 1 aromatic carbocycles. The van der Waals surface area contributed by atoms with Gasteiger partial charge in [0.05, 0.1) is 11.8 Å². The number of nitrogens with zero attached hydrogens (tertiary/aromatic N) is 1.